The summed E-state index contributed by atoms with van der Waals surface area (Å²) in [5.74, 6) is -4.15. The Kier molecular flexibility index (Phi) is 6.00. The average Bonchev–Trinajstić information content (AvgIpc) is 3.06. The van der Waals surface area contributed by atoms with Gasteiger partial charge in [0.25, 0.3) is 11.8 Å². The minimum Gasteiger partial charge on any atom is -0.493 e. The van der Waals surface area contributed by atoms with Crippen LogP contribution in [0.5, 0.6) is 11.5 Å². The number of alkyl halides is 3. The summed E-state index contributed by atoms with van der Waals surface area (Å²) < 4.78 is 48.2. The van der Waals surface area contributed by atoms with E-state index in [1.165, 1.54) is 20.1 Å². The summed E-state index contributed by atoms with van der Waals surface area (Å²) in [5, 5.41) is 12.6. The molecule has 0 aliphatic rings. The zero-order valence-corrected chi connectivity index (χ0v) is 15.2. The van der Waals surface area contributed by atoms with Gasteiger partial charge in [-0.15, -0.1) is 13.2 Å². The number of ether oxygens (including phenoxy) is 2. The Hall–Kier alpha value is -3.77. The molecule has 1 heterocycles. The molecule has 0 saturated carbocycles. The van der Waals surface area contributed by atoms with Gasteiger partial charge in [-0.3, -0.25) is 20.4 Å². The number of hydrogen-bond donors (Lipinski definition) is 3. The van der Waals surface area contributed by atoms with Crippen molar-refractivity contribution in [1.29, 1.82) is 0 Å². The molecular formula is C16H15F3N4O6. The van der Waals surface area contributed by atoms with E-state index in [9.17, 15) is 32.7 Å². The number of aromatic carboxylic acids is 1. The van der Waals surface area contributed by atoms with Crippen molar-refractivity contribution in [2.24, 2.45) is 0 Å². The zero-order valence-electron chi connectivity index (χ0n) is 15.2. The summed E-state index contributed by atoms with van der Waals surface area (Å²) in [6.07, 6.45) is -4.95. The molecule has 10 nitrogen and oxygen atoms in total. The van der Waals surface area contributed by atoms with Gasteiger partial charge in [0.15, 0.2) is 11.5 Å². The number of hydrogen-bond acceptors (Lipinski definition) is 6. The minimum atomic E-state index is -4.95. The maximum absolute atomic E-state index is 12.9. The largest absolute Gasteiger partial charge is 0.505 e. The van der Waals surface area contributed by atoms with Crippen molar-refractivity contribution in [3.63, 3.8) is 0 Å². The van der Waals surface area contributed by atoms with E-state index in [1.54, 1.807) is 5.43 Å². The minimum absolute atomic E-state index is 0.0371. The number of carboxylic acids is 1. The van der Waals surface area contributed by atoms with Crippen molar-refractivity contribution in [3.8, 4) is 11.5 Å². The second kappa shape index (κ2) is 8.08. The first-order valence-corrected chi connectivity index (χ1v) is 7.74. The van der Waals surface area contributed by atoms with E-state index in [0.29, 0.717) is 0 Å². The van der Waals surface area contributed by atoms with Crippen LogP contribution in [0.25, 0.3) is 0 Å². The molecule has 1 aromatic carbocycles. The molecule has 0 unspecified atom stereocenters. The summed E-state index contributed by atoms with van der Waals surface area (Å²) in [7, 11) is 2.42. The van der Waals surface area contributed by atoms with Crippen molar-refractivity contribution in [1.82, 2.24) is 20.6 Å². The van der Waals surface area contributed by atoms with Gasteiger partial charge < -0.3 is 14.6 Å². The van der Waals surface area contributed by atoms with Gasteiger partial charge in [0.2, 0.25) is 0 Å². The van der Waals surface area contributed by atoms with Crippen LogP contribution in [0.15, 0.2) is 18.2 Å². The monoisotopic (exact) mass is 416 g/mol. The molecule has 29 heavy (non-hydrogen) atoms. The summed E-state index contributed by atoms with van der Waals surface area (Å²) in [6.45, 7) is 1.25. The average molecular weight is 416 g/mol. The van der Waals surface area contributed by atoms with Crippen molar-refractivity contribution < 1.29 is 42.1 Å². The predicted octanol–water partition coefficient (Wildman–Crippen LogP) is 1.46. The molecule has 0 spiro atoms. The quantitative estimate of drug-likeness (QED) is 0.629. The molecule has 0 atom stereocenters. The van der Waals surface area contributed by atoms with E-state index < -0.39 is 45.6 Å². The van der Waals surface area contributed by atoms with Gasteiger partial charge in [0.1, 0.15) is 11.3 Å². The molecule has 156 valence electrons. The summed E-state index contributed by atoms with van der Waals surface area (Å²) in [6, 6.07) is 3.22. The Balaban J connectivity index is 2.29. The Morgan fingerprint density at radius 1 is 1.10 bits per heavy atom. The SMILES string of the molecule is COc1ccc(C(=O)NNC(=O)c2cc(C)nn2C(F)(F)F)c(C(=O)O)c1OC. The lowest BCUT2D eigenvalue weighted by Gasteiger charge is -2.15. The number of amides is 2. The second-order valence-corrected chi connectivity index (χ2v) is 5.49. The number of aryl methyl sites for hydroxylation is 1. The molecule has 0 fully saturated rings. The Morgan fingerprint density at radius 2 is 1.72 bits per heavy atom. The van der Waals surface area contributed by atoms with Crippen LogP contribution in [-0.4, -0.2) is 46.9 Å². The van der Waals surface area contributed by atoms with Crippen LogP contribution >= 0.6 is 0 Å². The third-order valence-corrected chi connectivity index (χ3v) is 3.60. The van der Waals surface area contributed by atoms with Crippen LogP contribution in [0, 0.1) is 6.92 Å². The fourth-order valence-electron chi connectivity index (χ4n) is 2.43. The topological polar surface area (TPSA) is 132 Å². The predicted molar refractivity (Wildman–Crippen MR) is 89.7 cm³/mol. The third-order valence-electron chi connectivity index (χ3n) is 3.60. The van der Waals surface area contributed by atoms with E-state index in [2.05, 4.69) is 5.10 Å². The number of methoxy groups -OCH3 is 2. The Labute approximate surface area is 161 Å². The highest BCUT2D eigenvalue weighted by molar-refractivity contribution is 6.07. The van der Waals surface area contributed by atoms with Gasteiger partial charge >= 0.3 is 12.3 Å². The molecule has 0 radical (unpaired) electrons. The van der Waals surface area contributed by atoms with Crippen LogP contribution in [0.2, 0.25) is 0 Å². The maximum Gasteiger partial charge on any atom is 0.505 e. The van der Waals surface area contributed by atoms with Crippen molar-refractivity contribution in [2.75, 3.05) is 14.2 Å². The standard InChI is InChI=1S/C16H15F3N4O6/c1-7-6-9(23(22-7)16(17,18)19)14(25)21-20-13(24)8-4-5-10(28-2)12(29-3)11(8)15(26)27/h4-6H,1-3H3,(H,20,24)(H,21,25)(H,26,27). The van der Waals surface area contributed by atoms with Gasteiger partial charge in [0.05, 0.1) is 25.5 Å². The van der Waals surface area contributed by atoms with Gasteiger partial charge in [-0.2, -0.15) is 9.78 Å². The number of carbonyl (C=O) groups excluding carboxylic acids is 2. The number of nitrogens with one attached hydrogen (secondary N) is 2. The zero-order chi connectivity index (χ0) is 21.9. The summed E-state index contributed by atoms with van der Waals surface area (Å²) in [5.41, 5.74) is 1.72. The van der Waals surface area contributed by atoms with E-state index in [-0.39, 0.29) is 17.2 Å². The number of benzene rings is 1. The fourth-order valence-corrected chi connectivity index (χ4v) is 2.43. The number of rotatable bonds is 5. The number of halogens is 3. The summed E-state index contributed by atoms with van der Waals surface area (Å²) in [4.78, 5) is 35.9. The van der Waals surface area contributed by atoms with E-state index in [1.807, 2.05) is 5.43 Å². The molecule has 1 aromatic heterocycles. The molecule has 3 N–H and O–H groups in total. The van der Waals surface area contributed by atoms with Gasteiger partial charge in [-0.05, 0) is 25.1 Å². The van der Waals surface area contributed by atoms with Crippen LogP contribution in [0.3, 0.4) is 0 Å². The van der Waals surface area contributed by atoms with E-state index in [4.69, 9.17) is 9.47 Å². The number of carboxylic acid groups (broad SMARTS) is 1. The highest BCUT2D eigenvalue weighted by Crippen LogP contribution is 2.33. The van der Waals surface area contributed by atoms with Crippen LogP contribution in [0.1, 0.15) is 36.9 Å². The van der Waals surface area contributed by atoms with Gasteiger partial charge in [0, 0.05) is 0 Å². The van der Waals surface area contributed by atoms with Crippen molar-refractivity contribution >= 4 is 17.8 Å². The highest BCUT2D eigenvalue weighted by atomic mass is 19.4. The first-order valence-electron chi connectivity index (χ1n) is 7.74. The number of aromatic nitrogens is 2. The fraction of sp³-hybridized carbons (Fsp3) is 0.250. The second-order valence-electron chi connectivity index (χ2n) is 5.49. The van der Waals surface area contributed by atoms with Crippen molar-refractivity contribution in [2.45, 2.75) is 13.2 Å². The molecule has 2 amide bonds. The first-order chi connectivity index (χ1) is 13.5. The molecule has 0 aliphatic heterocycles. The summed E-state index contributed by atoms with van der Waals surface area (Å²) >= 11 is 0. The lowest BCUT2D eigenvalue weighted by molar-refractivity contribution is -0.213. The lowest BCUT2D eigenvalue weighted by Crippen LogP contribution is -2.43. The molecule has 0 saturated heterocycles. The molecule has 0 bridgehead atoms. The normalized spacial score (nSPS) is 11.0. The maximum atomic E-state index is 12.9. The number of nitrogens with zero attached hydrogens (tertiary/aromatic N) is 2. The van der Waals surface area contributed by atoms with Gasteiger partial charge in [-0.25, -0.2) is 4.79 Å². The van der Waals surface area contributed by atoms with Crippen LogP contribution < -0.4 is 20.3 Å². The Bertz CT molecular complexity index is 970. The molecule has 2 aromatic rings. The van der Waals surface area contributed by atoms with Crippen LogP contribution in [0.4, 0.5) is 13.2 Å². The van der Waals surface area contributed by atoms with E-state index in [0.717, 1.165) is 19.2 Å². The van der Waals surface area contributed by atoms with Crippen molar-refractivity contribution in [3.05, 3.63) is 40.7 Å². The first kappa shape index (κ1) is 21.5. The smallest absolute Gasteiger partial charge is 0.493 e. The lowest BCUT2D eigenvalue weighted by atomic mass is 10.0. The number of carbonyl (C=O) groups is 3. The molecule has 2 rings (SSSR count). The molecule has 0 aliphatic carbocycles. The Morgan fingerprint density at radius 3 is 2.24 bits per heavy atom. The molecular weight excluding hydrogens is 401 g/mol. The van der Waals surface area contributed by atoms with E-state index >= 15 is 0 Å². The highest BCUT2D eigenvalue weighted by Gasteiger charge is 2.36. The van der Waals surface area contributed by atoms with Crippen LogP contribution in [-0.2, 0) is 6.30 Å². The third kappa shape index (κ3) is 4.39. The number of hydrazine groups is 1. The molecule has 13 heteroatoms. The van der Waals surface area contributed by atoms with Gasteiger partial charge in [-0.1, -0.05) is 0 Å².